The molecular weight excluding hydrogens is 216 g/mol. The maximum absolute atomic E-state index is 5.92. The quantitative estimate of drug-likeness (QED) is 0.562. The zero-order valence-electron chi connectivity index (χ0n) is 11.7. The van der Waals surface area contributed by atoms with Gasteiger partial charge in [0.15, 0.2) is 8.32 Å². The van der Waals surface area contributed by atoms with Crippen LogP contribution in [0.5, 0.6) is 0 Å². The molecule has 0 spiro atoms. The predicted octanol–water partition coefficient (Wildman–Crippen LogP) is 4.74. The average molecular weight is 247 g/mol. The molecule has 0 aromatic rings. The van der Waals surface area contributed by atoms with Crippen LogP contribution in [-0.4, -0.2) is 23.0 Å². The van der Waals surface area contributed by atoms with Crippen LogP contribution in [0.15, 0.2) is 0 Å². The lowest BCUT2D eigenvalue weighted by Gasteiger charge is -2.32. The summed E-state index contributed by atoms with van der Waals surface area (Å²) in [5.41, 5.74) is 0. The summed E-state index contributed by atoms with van der Waals surface area (Å²) in [6.45, 7) is 15.0. The maximum atomic E-state index is 5.92. The molecule has 0 amide bonds. The van der Waals surface area contributed by atoms with Gasteiger partial charge >= 0.3 is 0 Å². The van der Waals surface area contributed by atoms with Crippen molar-refractivity contribution in [1.29, 1.82) is 0 Å². The summed E-state index contributed by atoms with van der Waals surface area (Å²) in [5, 5.41) is 0. The fourth-order valence-corrected chi connectivity index (χ4v) is 10.3. The van der Waals surface area contributed by atoms with Gasteiger partial charge in [-0.2, -0.15) is 0 Å². The Morgan fingerprint density at radius 1 is 0.800 bits per heavy atom. The summed E-state index contributed by atoms with van der Waals surface area (Å²) >= 11 is 0. The van der Waals surface area contributed by atoms with Crippen LogP contribution >= 0.6 is 0 Å². The molecule has 3 heteroatoms. The fraction of sp³-hybridized carbons (Fsp3) is 1.00. The third-order valence-corrected chi connectivity index (χ3v) is 12.9. The first kappa shape index (κ1) is 15.4. The number of hydrogen-bond donors (Lipinski definition) is 0. The lowest BCUT2D eigenvalue weighted by Crippen LogP contribution is -2.37. The normalized spacial score (nSPS) is 13.2. The van der Waals surface area contributed by atoms with Gasteiger partial charge < -0.3 is 4.43 Å². The van der Waals surface area contributed by atoms with Crippen molar-refractivity contribution in [2.45, 2.75) is 71.0 Å². The van der Waals surface area contributed by atoms with Crippen LogP contribution in [0.4, 0.5) is 0 Å². The Bertz CT molecular complexity index is 157. The summed E-state index contributed by atoms with van der Waals surface area (Å²) in [6.07, 6.45) is 0. The molecule has 0 aliphatic rings. The van der Waals surface area contributed by atoms with Crippen molar-refractivity contribution < 1.29 is 4.43 Å². The lowest BCUT2D eigenvalue weighted by atomic mass is 10.9. The molecule has 0 heterocycles. The number of rotatable bonds is 8. The Morgan fingerprint density at radius 3 is 1.60 bits per heavy atom. The highest BCUT2D eigenvalue weighted by Gasteiger charge is 2.31. The second-order valence-electron chi connectivity index (χ2n) is 5.25. The highest BCUT2D eigenvalue weighted by Crippen LogP contribution is 2.30. The minimum absolute atomic E-state index is 0.901. The monoisotopic (exact) mass is 246 g/mol. The molecule has 0 aromatic heterocycles. The topological polar surface area (TPSA) is 9.23 Å². The molecule has 0 radical (unpaired) electrons. The van der Waals surface area contributed by atoms with E-state index in [0.717, 1.165) is 6.61 Å². The predicted molar refractivity (Wildman–Crippen MR) is 75.9 cm³/mol. The molecule has 0 saturated heterocycles. The van der Waals surface area contributed by atoms with Gasteiger partial charge in [-0.15, -0.1) is 0 Å². The minimum Gasteiger partial charge on any atom is -0.418 e. The zero-order valence-corrected chi connectivity index (χ0v) is 13.7. The summed E-state index contributed by atoms with van der Waals surface area (Å²) in [7, 11) is -2.23. The van der Waals surface area contributed by atoms with Crippen LogP contribution in [0.3, 0.4) is 0 Å². The highest BCUT2D eigenvalue weighted by molar-refractivity contribution is 6.82. The van der Waals surface area contributed by atoms with E-state index >= 15 is 0 Å². The van der Waals surface area contributed by atoms with Crippen molar-refractivity contribution in [3.8, 4) is 0 Å². The van der Waals surface area contributed by atoms with Gasteiger partial charge in [0.2, 0.25) is 0 Å². The molecule has 0 unspecified atom stereocenters. The van der Waals surface area contributed by atoms with Crippen LogP contribution in [0, 0.1) is 0 Å². The van der Waals surface area contributed by atoms with E-state index in [1.54, 1.807) is 0 Å². The zero-order chi connectivity index (χ0) is 11.9. The van der Waals surface area contributed by atoms with Crippen molar-refractivity contribution in [3.63, 3.8) is 0 Å². The largest absolute Gasteiger partial charge is 0.418 e. The molecule has 0 saturated carbocycles. The van der Waals surface area contributed by atoms with Crippen molar-refractivity contribution in [1.82, 2.24) is 0 Å². The van der Waals surface area contributed by atoms with Gasteiger partial charge in [-0.1, -0.05) is 44.9 Å². The van der Waals surface area contributed by atoms with E-state index in [9.17, 15) is 0 Å². The molecule has 1 nitrogen and oxygen atoms in total. The second kappa shape index (κ2) is 6.87. The van der Waals surface area contributed by atoms with E-state index in [2.05, 4.69) is 40.8 Å². The molecule has 0 aromatic carbocycles. The van der Waals surface area contributed by atoms with Crippen LogP contribution in [0.2, 0.25) is 43.3 Å². The molecule has 15 heavy (non-hydrogen) atoms. The van der Waals surface area contributed by atoms with Crippen LogP contribution < -0.4 is 0 Å². The van der Waals surface area contributed by atoms with Gasteiger partial charge in [-0.05, 0) is 26.1 Å². The van der Waals surface area contributed by atoms with Crippen molar-refractivity contribution in [2.75, 3.05) is 6.61 Å². The molecule has 0 atom stereocenters. The Morgan fingerprint density at radius 2 is 1.27 bits per heavy atom. The van der Waals surface area contributed by atoms with Crippen LogP contribution in [0.25, 0.3) is 0 Å². The molecule has 0 fully saturated rings. The smallest absolute Gasteiger partial charge is 0.186 e. The third-order valence-electron chi connectivity index (χ3n) is 4.04. The standard InChI is InChI=1S/C12H30OSi2/c1-7-13-14(5,6)11-12-15(8-2,9-3)10-4/h7-12H2,1-6H3. The molecular formula is C12H30OSi2. The van der Waals surface area contributed by atoms with E-state index in [-0.39, 0.29) is 0 Å². The fourth-order valence-electron chi connectivity index (χ4n) is 2.31. The molecule has 0 bridgehead atoms. The van der Waals surface area contributed by atoms with Crippen molar-refractivity contribution in [3.05, 3.63) is 0 Å². The van der Waals surface area contributed by atoms with Gasteiger partial charge in [0.25, 0.3) is 0 Å². The van der Waals surface area contributed by atoms with E-state index in [0.29, 0.717) is 0 Å². The van der Waals surface area contributed by atoms with Gasteiger partial charge in [-0.3, -0.25) is 0 Å². The van der Waals surface area contributed by atoms with E-state index in [1.165, 1.54) is 30.2 Å². The van der Waals surface area contributed by atoms with Gasteiger partial charge in [0.1, 0.15) is 0 Å². The second-order valence-corrected chi connectivity index (χ2v) is 15.2. The Hall–Kier alpha value is 0.394. The minimum atomic E-state index is -1.33. The maximum Gasteiger partial charge on any atom is 0.186 e. The molecule has 0 N–H and O–H groups in total. The van der Waals surface area contributed by atoms with Crippen LogP contribution in [0.1, 0.15) is 27.7 Å². The molecule has 0 aliphatic heterocycles. The molecule has 92 valence electrons. The average Bonchev–Trinajstić information content (AvgIpc) is 2.21. The molecule has 0 rings (SSSR count). The third kappa shape index (κ3) is 5.32. The summed E-state index contributed by atoms with van der Waals surface area (Å²) < 4.78 is 5.92. The van der Waals surface area contributed by atoms with Crippen molar-refractivity contribution in [2.24, 2.45) is 0 Å². The Kier molecular flexibility index (Phi) is 7.05. The van der Waals surface area contributed by atoms with E-state index in [1.807, 2.05) is 0 Å². The summed E-state index contributed by atoms with van der Waals surface area (Å²) in [4.78, 5) is 0. The Balaban J connectivity index is 4.20. The SMILES string of the molecule is CCO[Si](C)(C)CC[Si](CC)(CC)CC. The Labute approximate surface area is 98.8 Å². The first-order valence-electron chi connectivity index (χ1n) is 6.59. The van der Waals surface area contributed by atoms with Crippen molar-refractivity contribution >= 4 is 16.4 Å². The highest BCUT2D eigenvalue weighted by atomic mass is 28.4. The van der Waals surface area contributed by atoms with E-state index in [4.69, 9.17) is 4.43 Å². The van der Waals surface area contributed by atoms with Crippen LogP contribution in [-0.2, 0) is 4.43 Å². The summed E-state index contributed by atoms with van der Waals surface area (Å²) in [6, 6.07) is 7.24. The van der Waals surface area contributed by atoms with Gasteiger partial charge in [0, 0.05) is 6.61 Å². The van der Waals surface area contributed by atoms with Gasteiger partial charge in [-0.25, -0.2) is 0 Å². The van der Waals surface area contributed by atoms with E-state index < -0.39 is 16.4 Å². The number of hydrogen-bond acceptors (Lipinski definition) is 1. The first-order valence-corrected chi connectivity index (χ1v) is 12.5. The molecule has 0 aliphatic carbocycles. The first-order chi connectivity index (χ1) is 6.95. The van der Waals surface area contributed by atoms with Gasteiger partial charge in [0.05, 0.1) is 8.07 Å². The summed E-state index contributed by atoms with van der Waals surface area (Å²) in [5.74, 6) is 0. The lowest BCUT2D eigenvalue weighted by molar-refractivity contribution is 0.330.